The normalized spacial score (nSPS) is 11.7. The molecule has 1 heterocycles. The molecule has 0 bridgehead atoms. The molecule has 1 aromatic heterocycles. The average molecular weight is 287 g/mol. The zero-order chi connectivity index (χ0) is 13.0. The van der Waals surface area contributed by atoms with E-state index in [2.05, 4.69) is 0 Å². The Morgan fingerprint density at radius 2 is 1.89 bits per heavy atom. The molecule has 2 rings (SSSR count). The van der Waals surface area contributed by atoms with Gasteiger partial charge in [-0.2, -0.15) is 0 Å². The molecule has 0 unspecified atom stereocenters. The van der Waals surface area contributed by atoms with Gasteiger partial charge in [-0.05, 0) is 29.8 Å². The molecule has 2 aromatic rings. The molecule has 4 heteroatoms. The van der Waals surface area contributed by atoms with Gasteiger partial charge in [0, 0.05) is 23.6 Å². The molecule has 0 spiro atoms. The zero-order valence-electron chi connectivity index (χ0n) is 9.70. The van der Waals surface area contributed by atoms with E-state index in [0.717, 1.165) is 11.3 Å². The number of hydrogen-bond acceptors (Lipinski definition) is 1. The Hall–Kier alpha value is -0.990. The second kappa shape index (κ2) is 5.77. The highest BCUT2D eigenvalue weighted by Gasteiger charge is 2.32. The van der Waals surface area contributed by atoms with Gasteiger partial charge < -0.3 is 4.42 Å². The van der Waals surface area contributed by atoms with Crippen LogP contribution in [-0.4, -0.2) is 11.8 Å². The molecular weight excluding hydrogens is 274 g/mol. The van der Waals surface area contributed by atoms with E-state index in [0.29, 0.717) is 18.2 Å². The van der Waals surface area contributed by atoms with E-state index in [-0.39, 0.29) is 5.82 Å². The summed E-state index contributed by atoms with van der Waals surface area (Å²) in [5, 5.41) is 0. The van der Waals surface area contributed by atoms with Gasteiger partial charge in [0.05, 0.1) is 6.26 Å². The molecular formula is C14H13Cl2FO. The molecule has 0 aliphatic carbocycles. The monoisotopic (exact) mass is 286 g/mol. The van der Waals surface area contributed by atoms with Gasteiger partial charge in [0.2, 0.25) is 0 Å². The maximum Gasteiger partial charge on any atom is 0.123 e. The second-order valence-corrected chi connectivity index (χ2v) is 4.85. The fourth-order valence-corrected chi connectivity index (χ4v) is 2.73. The van der Waals surface area contributed by atoms with Crippen LogP contribution < -0.4 is 0 Å². The first-order chi connectivity index (χ1) is 8.70. The molecule has 0 N–H and O–H groups in total. The van der Waals surface area contributed by atoms with Crippen molar-refractivity contribution in [3.8, 4) is 0 Å². The van der Waals surface area contributed by atoms with Crippen LogP contribution in [0.2, 0.25) is 0 Å². The van der Waals surface area contributed by atoms with Crippen molar-refractivity contribution < 1.29 is 8.81 Å². The first kappa shape index (κ1) is 13.4. The Kier molecular flexibility index (Phi) is 4.31. The van der Waals surface area contributed by atoms with Crippen molar-refractivity contribution in [2.24, 2.45) is 0 Å². The lowest BCUT2D eigenvalue weighted by Gasteiger charge is -2.29. The Morgan fingerprint density at radius 1 is 1.11 bits per heavy atom. The topological polar surface area (TPSA) is 13.1 Å². The Balaban J connectivity index is 2.37. The van der Waals surface area contributed by atoms with Crippen molar-refractivity contribution in [2.45, 2.75) is 11.8 Å². The third kappa shape index (κ3) is 2.70. The van der Waals surface area contributed by atoms with Gasteiger partial charge in [-0.25, -0.2) is 4.39 Å². The molecule has 0 saturated heterocycles. The number of rotatable bonds is 5. The van der Waals surface area contributed by atoms with Crippen molar-refractivity contribution in [3.63, 3.8) is 0 Å². The van der Waals surface area contributed by atoms with Gasteiger partial charge in [-0.1, -0.05) is 12.1 Å². The molecule has 0 atom stereocenters. The largest absolute Gasteiger partial charge is 0.469 e. The summed E-state index contributed by atoms with van der Waals surface area (Å²) < 4.78 is 18.7. The fourth-order valence-electron chi connectivity index (χ4n) is 1.95. The number of benzene rings is 1. The van der Waals surface area contributed by atoms with E-state index in [1.807, 2.05) is 18.2 Å². The van der Waals surface area contributed by atoms with Crippen molar-refractivity contribution in [1.82, 2.24) is 0 Å². The summed E-state index contributed by atoms with van der Waals surface area (Å²) in [6.45, 7) is 0. The van der Waals surface area contributed by atoms with E-state index in [9.17, 15) is 4.39 Å². The molecule has 0 aliphatic heterocycles. The molecule has 0 aliphatic rings. The predicted molar refractivity (Wildman–Crippen MR) is 71.9 cm³/mol. The molecule has 1 nitrogen and oxygen atoms in total. The van der Waals surface area contributed by atoms with Crippen LogP contribution in [0.25, 0.3) is 0 Å². The van der Waals surface area contributed by atoms with Crippen LogP contribution in [0.5, 0.6) is 0 Å². The van der Waals surface area contributed by atoms with Gasteiger partial charge in [0.25, 0.3) is 0 Å². The lowest BCUT2D eigenvalue weighted by molar-refractivity contribution is 0.436. The van der Waals surface area contributed by atoms with E-state index in [1.165, 1.54) is 12.1 Å². The van der Waals surface area contributed by atoms with Gasteiger partial charge in [-0.15, -0.1) is 23.2 Å². The summed E-state index contributed by atoms with van der Waals surface area (Å²) in [6, 6.07) is 10.1. The van der Waals surface area contributed by atoms with E-state index in [4.69, 9.17) is 27.6 Å². The molecule has 0 saturated carbocycles. The minimum Gasteiger partial charge on any atom is -0.469 e. The first-order valence-corrected chi connectivity index (χ1v) is 6.67. The first-order valence-electron chi connectivity index (χ1n) is 5.60. The minimum atomic E-state index is -0.511. The van der Waals surface area contributed by atoms with Crippen molar-refractivity contribution >= 4 is 23.2 Å². The van der Waals surface area contributed by atoms with Crippen LogP contribution in [0.4, 0.5) is 4.39 Å². The summed E-state index contributed by atoms with van der Waals surface area (Å²) in [6.07, 6.45) is 2.16. The summed E-state index contributed by atoms with van der Waals surface area (Å²) in [5.74, 6) is 1.12. The number of halogens is 3. The molecule has 96 valence electrons. The summed E-state index contributed by atoms with van der Waals surface area (Å²) in [5.41, 5.74) is 0.284. The summed E-state index contributed by atoms with van der Waals surface area (Å²) in [7, 11) is 0. The molecule has 1 aromatic carbocycles. The highest BCUT2D eigenvalue weighted by molar-refractivity contribution is 6.22. The van der Waals surface area contributed by atoms with E-state index in [1.54, 1.807) is 12.3 Å². The lowest BCUT2D eigenvalue weighted by atomic mass is 9.80. The maximum absolute atomic E-state index is 13.3. The zero-order valence-corrected chi connectivity index (χ0v) is 11.2. The van der Waals surface area contributed by atoms with Crippen LogP contribution in [0.1, 0.15) is 11.3 Å². The number of furan rings is 1. The molecule has 0 radical (unpaired) electrons. The minimum absolute atomic E-state index is 0.286. The van der Waals surface area contributed by atoms with Gasteiger partial charge in [-0.3, -0.25) is 0 Å². The predicted octanol–water partition coefficient (Wildman–Crippen LogP) is 4.38. The number of hydrogen-bond donors (Lipinski definition) is 0. The molecule has 0 amide bonds. The van der Waals surface area contributed by atoms with Crippen LogP contribution in [-0.2, 0) is 11.8 Å². The average Bonchev–Trinajstić information content (AvgIpc) is 2.89. The summed E-state index contributed by atoms with van der Waals surface area (Å²) in [4.78, 5) is 0. The Bertz CT molecular complexity index is 492. The summed E-state index contributed by atoms with van der Waals surface area (Å²) >= 11 is 12.2. The van der Waals surface area contributed by atoms with Crippen LogP contribution in [0.3, 0.4) is 0 Å². The number of alkyl halides is 2. The van der Waals surface area contributed by atoms with Crippen molar-refractivity contribution in [3.05, 3.63) is 59.8 Å². The van der Waals surface area contributed by atoms with E-state index < -0.39 is 5.41 Å². The van der Waals surface area contributed by atoms with Crippen LogP contribution in [0.15, 0.2) is 47.1 Å². The SMILES string of the molecule is Fc1cccc(C(CCl)(CCl)Cc2ccco2)c1. The third-order valence-corrected chi connectivity index (χ3v) is 4.06. The quantitative estimate of drug-likeness (QED) is 0.744. The molecule has 18 heavy (non-hydrogen) atoms. The Labute approximate surface area is 116 Å². The van der Waals surface area contributed by atoms with E-state index >= 15 is 0 Å². The maximum atomic E-state index is 13.3. The van der Waals surface area contributed by atoms with Gasteiger partial charge in [0.1, 0.15) is 11.6 Å². The third-order valence-electron chi connectivity index (χ3n) is 3.04. The highest BCUT2D eigenvalue weighted by Crippen LogP contribution is 2.32. The van der Waals surface area contributed by atoms with Crippen molar-refractivity contribution in [2.75, 3.05) is 11.8 Å². The standard InChI is InChI=1S/C14H13Cl2FO/c15-9-14(10-16,8-13-5-2-6-18-13)11-3-1-4-12(17)7-11/h1-7H,8-10H2. The van der Waals surface area contributed by atoms with Crippen molar-refractivity contribution in [1.29, 1.82) is 0 Å². The van der Waals surface area contributed by atoms with Crippen LogP contribution in [0, 0.1) is 5.82 Å². The second-order valence-electron chi connectivity index (χ2n) is 4.31. The van der Waals surface area contributed by atoms with Gasteiger partial charge in [0.15, 0.2) is 0 Å². The fraction of sp³-hybridized carbons (Fsp3) is 0.286. The molecule has 0 fully saturated rings. The lowest BCUT2D eigenvalue weighted by Crippen LogP contribution is -2.33. The van der Waals surface area contributed by atoms with Gasteiger partial charge >= 0.3 is 0 Å². The Morgan fingerprint density at radius 3 is 2.44 bits per heavy atom. The highest BCUT2D eigenvalue weighted by atomic mass is 35.5. The van der Waals surface area contributed by atoms with Crippen LogP contribution >= 0.6 is 23.2 Å². The smallest absolute Gasteiger partial charge is 0.123 e.